The first kappa shape index (κ1) is 6.27. The van der Waals surface area contributed by atoms with Crippen molar-refractivity contribution < 1.29 is 18.8 Å². The van der Waals surface area contributed by atoms with E-state index < -0.39 is 12.6 Å². The van der Waals surface area contributed by atoms with Crippen molar-refractivity contribution in [3.8, 4) is 5.75 Å². The molecule has 1 aromatic carbocycles. The molecule has 0 saturated carbocycles. The van der Waals surface area contributed by atoms with E-state index in [-0.39, 0.29) is 34.5 Å². The van der Waals surface area contributed by atoms with Crippen LogP contribution in [-0.2, 0) is 4.79 Å². The van der Waals surface area contributed by atoms with E-state index in [1.807, 2.05) is 0 Å². The predicted octanol–water partition coefficient (Wildman–Crippen LogP) is 2.11. The van der Waals surface area contributed by atoms with Crippen LogP contribution in [0.5, 0.6) is 5.75 Å². The summed E-state index contributed by atoms with van der Waals surface area (Å²) in [6.07, 6.45) is 0. The Morgan fingerprint density at radius 3 is 3.08 bits per heavy atom. The fourth-order valence-corrected chi connectivity index (χ4v) is 0.925. The third-order valence-corrected chi connectivity index (χ3v) is 1.45. The molecule has 0 spiro atoms. The van der Waals surface area contributed by atoms with E-state index in [2.05, 4.69) is 0 Å². The number of benzene rings is 1. The van der Waals surface area contributed by atoms with Crippen molar-refractivity contribution in [1.82, 2.24) is 0 Å². The second kappa shape index (κ2) is 4.14. The standard InChI is InChI=1S/C9H9ClO3/c1-6-4-7(10)2-3-8(6)13-5-9(11)12/h2-4H,5H2,1H3,(H,11,12)/i2D,3D,4D. The maximum atomic E-state index is 10.3. The van der Waals surface area contributed by atoms with Crippen LogP contribution < -0.4 is 4.74 Å². The molecular formula is C9H9ClO3. The van der Waals surface area contributed by atoms with E-state index in [1.54, 1.807) is 0 Å². The Morgan fingerprint density at radius 1 is 1.77 bits per heavy atom. The van der Waals surface area contributed by atoms with E-state index in [1.165, 1.54) is 6.92 Å². The molecule has 0 aliphatic rings. The number of rotatable bonds is 3. The van der Waals surface area contributed by atoms with E-state index in [0.717, 1.165) is 0 Å². The highest BCUT2D eigenvalue weighted by Crippen LogP contribution is 2.21. The van der Waals surface area contributed by atoms with E-state index in [9.17, 15) is 4.79 Å². The second-order valence-corrected chi connectivity index (χ2v) is 2.70. The molecule has 0 atom stereocenters. The quantitative estimate of drug-likeness (QED) is 0.819. The highest BCUT2D eigenvalue weighted by atomic mass is 35.5. The minimum Gasteiger partial charge on any atom is -0.482 e. The van der Waals surface area contributed by atoms with Gasteiger partial charge in [0.1, 0.15) is 5.75 Å². The van der Waals surface area contributed by atoms with Gasteiger partial charge in [0.25, 0.3) is 0 Å². The van der Waals surface area contributed by atoms with Gasteiger partial charge in [-0.05, 0) is 30.6 Å². The highest BCUT2D eigenvalue weighted by molar-refractivity contribution is 6.30. The monoisotopic (exact) mass is 203 g/mol. The smallest absolute Gasteiger partial charge is 0.341 e. The van der Waals surface area contributed by atoms with E-state index in [4.69, 9.17) is 25.6 Å². The van der Waals surface area contributed by atoms with Crippen molar-refractivity contribution in [3.05, 3.63) is 28.7 Å². The van der Waals surface area contributed by atoms with Gasteiger partial charge in [0, 0.05) is 5.02 Å². The molecule has 0 heterocycles. The van der Waals surface area contributed by atoms with Crippen molar-refractivity contribution in [2.24, 2.45) is 0 Å². The molecule has 0 fully saturated rings. The summed E-state index contributed by atoms with van der Waals surface area (Å²) in [5.74, 6) is -1.27. The normalized spacial score (nSPS) is 12.9. The van der Waals surface area contributed by atoms with Gasteiger partial charge in [0.2, 0.25) is 0 Å². The van der Waals surface area contributed by atoms with Crippen LogP contribution in [0.1, 0.15) is 9.68 Å². The summed E-state index contributed by atoms with van der Waals surface area (Å²) < 4.78 is 27.4. The molecule has 70 valence electrons. The molecule has 1 rings (SSSR count). The topological polar surface area (TPSA) is 46.5 Å². The van der Waals surface area contributed by atoms with Crippen molar-refractivity contribution in [3.63, 3.8) is 0 Å². The molecule has 1 aromatic rings. The maximum absolute atomic E-state index is 10.3. The second-order valence-electron chi connectivity index (χ2n) is 2.33. The summed E-state index contributed by atoms with van der Waals surface area (Å²) in [5, 5.41) is 8.31. The molecule has 0 saturated heterocycles. The molecule has 0 bridgehead atoms. The summed E-state index contributed by atoms with van der Waals surface area (Å²) in [4.78, 5) is 10.3. The fourth-order valence-electron chi connectivity index (χ4n) is 0.736. The summed E-state index contributed by atoms with van der Waals surface area (Å²) in [7, 11) is 0. The number of aliphatic carboxylic acids is 1. The highest BCUT2D eigenvalue weighted by Gasteiger charge is 2.02. The van der Waals surface area contributed by atoms with Gasteiger partial charge in [0.15, 0.2) is 6.61 Å². The van der Waals surface area contributed by atoms with Crippen molar-refractivity contribution in [2.75, 3.05) is 6.61 Å². The Bertz CT molecular complexity index is 419. The van der Waals surface area contributed by atoms with Gasteiger partial charge < -0.3 is 9.84 Å². The number of carboxylic acids is 1. The Balaban J connectivity index is 3.23. The van der Waals surface area contributed by atoms with E-state index >= 15 is 0 Å². The molecule has 0 aromatic heterocycles. The summed E-state index contributed by atoms with van der Waals surface area (Å²) in [6, 6.07) is -0.763. The molecule has 13 heavy (non-hydrogen) atoms. The van der Waals surface area contributed by atoms with Gasteiger partial charge >= 0.3 is 5.97 Å². The van der Waals surface area contributed by atoms with Gasteiger partial charge in [-0.2, -0.15) is 0 Å². The molecule has 0 aliphatic carbocycles. The van der Waals surface area contributed by atoms with Crippen LogP contribution in [0.15, 0.2) is 18.1 Å². The lowest BCUT2D eigenvalue weighted by Crippen LogP contribution is -2.09. The Morgan fingerprint density at radius 2 is 2.46 bits per heavy atom. The van der Waals surface area contributed by atoms with Gasteiger partial charge in [-0.1, -0.05) is 11.6 Å². The third-order valence-electron chi connectivity index (χ3n) is 1.26. The summed E-state index contributed by atoms with van der Waals surface area (Å²) in [6.45, 7) is 0.871. The van der Waals surface area contributed by atoms with Crippen LogP contribution >= 0.6 is 11.6 Å². The third kappa shape index (κ3) is 2.95. The average Bonchev–Trinajstić information content (AvgIpc) is 2.23. The Labute approximate surface area is 85.1 Å². The predicted molar refractivity (Wildman–Crippen MR) is 49.3 cm³/mol. The number of hydrogen-bond donors (Lipinski definition) is 1. The van der Waals surface area contributed by atoms with Crippen LogP contribution in [0, 0.1) is 6.92 Å². The minimum atomic E-state index is -1.19. The lowest BCUT2D eigenvalue weighted by molar-refractivity contribution is -0.139. The molecule has 3 nitrogen and oxygen atoms in total. The van der Waals surface area contributed by atoms with Crippen molar-refractivity contribution in [1.29, 1.82) is 0 Å². The fraction of sp³-hybridized carbons (Fsp3) is 0.222. The largest absolute Gasteiger partial charge is 0.482 e. The maximum Gasteiger partial charge on any atom is 0.341 e. The molecule has 0 aliphatic heterocycles. The number of halogens is 1. The number of ether oxygens (including phenoxy) is 1. The van der Waals surface area contributed by atoms with E-state index in [0.29, 0.717) is 0 Å². The first-order valence-electron chi connectivity index (χ1n) is 4.96. The van der Waals surface area contributed by atoms with Gasteiger partial charge in [-0.15, -0.1) is 0 Å². The SMILES string of the molecule is [2H]c1c([2H])c(OCC(=O)O)c(C)c([2H])c1Cl. The lowest BCUT2D eigenvalue weighted by atomic mass is 10.2. The first-order chi connectivity index (χ1) is 7.36. The van der Waals surface area contributed by atoms with Gasteiger partial charge in [-0.25, -0.2) is 4.79 Å². The molecule has 0 radical (unpaired) electrons. The zero-order valence-corrected chi connectivity index (χ0v) is 7.60. The lowest BCUT2D eigenvalue weighted by Gasteiger charge is -2.06. The zero-order chi connectivity index (χ0) is 12.5. The van der Waals surface area contributed by atoms with Crippen LogP contribution in [0.2, 0.25) is 5.02 Å². The van der Waals surface area contributed by atoms with Crippen LogP contribution in [-0.4, -0.2) is 17.7 Å². The number of carboxylic acid groups (broad SMARTS) is 1. The Kier molecular flexibility index (Phi) is 2.00. The molecular weight excluding hydrogens is 192 g/mol. The van der Waals surface area contributed by atoms with Crippen LogP contribution in [0.3, 0.4) is 0 Å². The summed E-state index contributed by atoms with van der Waals surface area (Å²) in [5.41, 5.74) is 0.257. The van der Waals surface area contributed by atoms with Crippen molar-refractivity contribution in [2.45, 2.75) is 6.92 Å². The van der Waals surface area contributed by atoms with Crippen molar-refractivity contribution >= 4 is 17.6 Å². The molecule has 0 amide bonds. The van der Waals surface area contributed by atoms with Crippen LogP contribution in [0.25, 0.3) is 0 Å². The van der Waals surface area contributed by atoms with Crippen LogP contribution in [0.4, 0.5) is 0 Å². The molecule has 1 N–H and O–H groups in total. The first-order valence-corrected chi connectivity index (χ1v) is 3.84. The summed E-state index contributed by atoms with van der Waals surface area (Å²) >= 11 is 5.66. The molecule has 0 unspecified atom stereocenters. The average molecular weight is 204 g/mol. The molecule has 4 heteroatoms. The minimum absolute atomic E-state index is 0.0817. The number of hydrogen-bond acceptors (Lipinski definition) is 2. The van der Waals surface area contributed by atoms with Gasteiger partial charge in [0.05, 0.1) is 4.11 Å². The Hall–Kier alpha value is -1.22. The van der Waals surface area contributed by atoms with Gasteiger partial charge in [-0.3, -0.25) is 0 Å². The zero-order valence-electron chi connectivity index (χ0n) is 9.85. The number of carbonyl (C=O) groups is 1.